The average molecular weight is 431 g/mol. The molecule has 0 N–H and O–H groups in total. The molecular weight excluding hydrogens is 407 g/mol. The van der Waals surface area contributed by atoms with Gasteiger partial charge in [-0.15, -0.1) is 0 Å². The minimum atomic E-state index is -0.0522. The summed E-state index contributed by atoms with van der Waals surface area (Å²) in [7, 11) is 0. The van der Waals surface area contributed by atoms with Crippen LogP contribution in [0.5, 0.6) is 11.5 Å². The Morgan fingerprint density at radius 2 is 1.19 bits per heavy atom. The van der Waals surface area contributed by atoms with E-state index in [0.29, 0.717) is 9.28 Å². The van der Waals surface area contributed by atoms with E-state index in [-0.39, 0.29) is 11.5 Å². The van der Waals surface area contributed by atoms with Crippen LogP contribution in [0.3, 0.4) is 0 Å². The van der Waals surface area contributed by atoms with Crippen molar-refractivity contribution in [2.75, 3.05) is 0 Å². The summed E-state index contributed by atoms with van der Waals surface area (Å²) in [6, 6.07) is 6.50. The van der Waals surface area contributed by atoms with Crippen LogP contribution in [-0.2, 0) is 34.1 Å². The first-order valence-electron chi connectivity index (χ1n) is 8.42. The fourth-order valence-electron chi connectivity index (χ4n) is 2.04. The van der Waals surface area contributed by atoms with Crippen molar-refractivity contribution in [2.45, 2.75) is 52.6 Å². The van der Waals surface area contributed by atoms with Crippen LogP contribution < -0.4 is 10.2 Å². The van der Waals surface area contributed by atoms with Gasteiger partial charge in [0.1, 0.15) is 0 Å². The number of nitrogens with zero attached hydrogens (tertiary/aromatic N) is 2. The zero-order valence-corrected chi connectivity index (χ0v) is 18.1. The first-order valence-corrected chi connectivity index (χ1v) is 9.81. The molecule has 0 saturated heterocycles. The summed E-state index contributed by atoms with van der Waals surface area (Å²) < 4.78 is 12.7. The van der Waals surface area contributed by atoms with Crippen molar-refractivity contribution in [1.82, 2.24) is 9.13 Å². The molecule has 26 heavy (non-hydrogen) atoms. The van der Waals surface area contributed by atoms with Crippen LogP contribution in [0.1, 0.15) is 39.5 Å². The third-order valence-electron chi connectivity index (χ3n) is 3.48. The van der Waals surface area contributed by atoms with E-state index >= 15 is 0 Å². The Labute approximate surface area is 174 Å². The molecule has 0 saturated carbocycles. The number of hydrogen-bond donors (Lipinski definition) is 0. The first-order chi connectivity index (χ1) is 12.5. The molecule has 0 aliphatic carbocycles. The van der Waals surface area contributed by atoms with Crippen LogP contribution in [0.2, 0.25) is 0 Å². The van der Waals surface area contributed by atoms with Gasteiger partial charge in [-0.1, -0.05) is 74.8 Å². The van der Waals surface area contributed by atoms with Crippen molar-refractivity contribution in [3.8, 4) is 11.5 Å². The van der Waals surface area contributed by atoms with E-state index in [1.54, 1.807) is 12.1 Å². The molecule has 2 aromatic rings. The fourth-order valence-corrected chi connectivity index (χ4v) is 2.48. The summed E-state index contributed by atoms with van der Waals surface area (Å²) in [5, 5.41) is 22.2. The van der Waals surface area contributed by atoms with Gasteiger partial charge >= 0.3 is 21.0 Å². The van der Waals surface area contributed by atoms with Crippen LogP contribution in [0.4, 0.5) is 0 Å². The summed E-state index contributed by atoms with van der Waals surface area (Å²) in [5.41, 5.74) is 0. The van der Waals surface area contributed by atoms with Gasteiger partial charge in [0.25, 0.3) is 0 Å². The summed E-state index contributed by atoms with van der Waals surface area (Å²) in [6.07, 6.45) is 8.09. The fraction of sp³-hybridized carbons (Fsp3) is 0.444. The van der Waals surface area contributed by atoms with Gasteiger partial charge in [-0.25, -0.2) is 0 Å². The van der Waals surface area contributed by atoms with E-state index in [2.05, 4.69) is 13.8 Å². The molecule has 0 amide bonds. The molecule has 0 bridgehead atoms. The van der Waals surface area contributed by atoms with Crippen LogP contribution in [-0.4, -0.2) is 9.13 Å². The summed E-state index contributed by atoms with van der Waals surface area (Å²) in [4.78, 5) is 0. The Morgan fingerprint density at radius 1 is 0.846 bits per heavy atom. The molecule has 8 heteroatoms. The molecule has 2 rings (SSSR count). The van der Waals surface area contributed by atoms with E-state index in [4.69, 9.17) is 28.1 Å². The van der Waals surface area contributed by atoms with Crippen molar-refractivity contribution >= 4 is 24.4 Å². The van der Waals surface area contributed by atoms with Crippen molar-refractivity contribution in [3.05, 3.63) is 45.9 Å². The van der Waals surface area contributed by atoms with E-state index < -0.39 is 0 Å². The van der Waals surface area contributed by atoms with E-state index in [0.717, 1.165) is 56.1 Å². The second kappa shape index (κ2) is 14.8. The van der Waals surface area contributed by atoms with Crippen LogP contribution >= 0.6 is 24.4 Å². The molecule has 0 radical (unpaired) electrons. The monoisotopic (exact) mass is 431 g/mol. The van der Waals surface area contributed by atoms with Gasteiger partial charge in [-0.05, 0) is 25.0 Å². The Hall–Kier alpha value is -1.28. The Balaban J connectivity index is 0.000000439. The SMILES string of the molecule is CCCCn1cccc([O-])c1=S.CCCCn1cccc([O-])c1=S.[O]=[V+2]. The molecule has 0 aromatic carbocycles. The predicted octanol–water partition coefficient (Wildman–Crippen LogP) is 4.06. The van der Waals surface area contributed by atoms with Gasteiger partial charge in [0.2, 0.25) is 0 Å². The standard InChI is InChI=1S/2C9H13NOS.O.V/c2*1-2-3-6-10-7-4-5-8(11)9(10)12;;/h2*4-5,7,11H,2-3,6H2,1H3;;/q;;;+2/p-2. The molecule has 5 nitrogen and oxygen atoms in total. The maximum atomic E-state index is 11.1. The van der Waals surface area contributed by atoms with Gasteiger partial charge in [0.05, 0.1) is 9.28 Å². The van der Waals surface area contributed by atoms with Gasteiger partial charge < -0.3 is 19.3 Å². The predicted molar refractivity (Wildman–Crippen MR) is 99.9 cm³/mol. The molecule has 0 atom stereocenters. The molecule has 0 unspecified atom stereocenters. The third-order valence-corrected chi connectivity index (χ3v) is 4.35. The molecule has 2 heterocycles. The number of rotatable bonds is 6. The maximum absolute atomic E-state index is 11.1. The third kappa shape index (κ3) is 8.89. The number of unbranched alkanes of at least 4 members (excludes halogenated alkanes) is 2. The summed E-state index contributed by atoms with van der Waals surface area (Å²) >= 11 is 11.0. The van der Waals surface area contributed by atoms with Crippen molar-refractivity contribution in [1.29, 1.82) is 0 Å². The quantitative estimate of drug-likeness (QED) is 0.645. The Morgan fingerprint density at radius 3 is 1.50 bits per heavy atom. The number of aryl methyl sites for hydroxylation is 2. The van der Waals surface area contributed by atoms with Gasteiger partial charge in [-0.3, -0.25) is 0 Å². The van der Waals surface area contributed by atoms with E-state index in [1.165, 1.54) is 12.1 Å². The van der Waals surface area contributed by atoms with Gasteiger partial charge in [0.15, 0.2) is 0 Å². The molecule has 141 valence electrons. The Kier molecular flexibility index (Phi) is 14.1. The van der Waals surface area contributed by atoms with E-state index in [1.807, 2.05) is 21.5 Å². The normalized spacial score (nSPS) is 9.54. The molecule has 0 spiro atoms. The topological polar surface area (TPSA) is 73.1 Å². The summed E-state index contributed by atoms with van der Waals surface area (Å²) in [6.45, 7) is 5.94. The van der Waals surface area contributed by atoms with Crippen molar-refractivity contribution in [3.63, 3.8) is 0 Å². The summed E-state index contributed by atoms with van der Waals surface area (Å²) in [5.74, 6) is -0.104. The molecule has 0 fully saturated rings. The molecular formula is C18H24N2O3S2V. The van der Waals surface area contributed by atoms with E-state index in [9.17, 15) is 10.2 Å². The average Bonchev–Trinajstić information content (AvgIpc) is 2.66. The van der Waals surface area contributed by atoms with Crippen LogP contribution in [0.25, 0.3) is 0 Å². The van der Waals surface area contributed by atoms with Gasteiger partial charge in [-0.2, -0.15) is 0 Å². The number of hydrogen-bond acceptors (Lipinski definition) is 5. The van der Waals surface area contributed by atoms with Crippen LogP contribution in [0, 0.1) is 9.28 Å². The minimum absolute atomic E-state index is 0.0522. The zero-order valence-electron chi connectivity index (χ0n) is 15.1. The molecule has 0 aliphatic rings. The number of aromatic nitrogens is 2. The first kappa shape index (κ1) is 24.7. The second-order valence-electron chi connectivity index (χ2n) is 5.45. The van der Waals surface area contributed by atoms with Crippen molar-refractivity contribution < 1.29 is 31.3 Å². The number of pyridine rings is 2. The molecule has 0 aliphatic heterocycles. The zero-order chi connectivity index (χ0) is 19.9. The van der Waals surface area contributed by atoms with Crippen molar-refractivity contribution in [2.24, 2.45) is 0 Å². The second-order valence-corrected chi connectivity index (χ2v) is 6.22. The van der Waals surface area contributed by atoms with Crippen LogP contribution in [0.15, 0.2) is 36.7 Å². The Bertz CT molecular complexity index is 699. The molecule has 2 aromatic heterocycles. The van der Waals surface area contributed by atoms with Gasteiger partial charge in [0, 0.05) is 25.5 Å².